The van der Waals surface area contributed by atoms with Gasteiger partial charge in [0.2, 0.25) is 11.8 Å². The van der Waals surface area contributed by atoms with Gasteiger partial charge in [-0.2, -0.15) is 13.2 Å². The van der Waals surface area contributed by atoms with Crippen molar-refractivity contribution < 1.29 is 22.8 Å². The number of amides is 2. The summed E-state index contributed by atoms with van der Waals surface area (Å²) in [4.78, 5) is 26.1. The van der Waals surface area contributed by atoms with Gasteiger partial charge in [0.05, 0.1) is 11.5 Å². The van der Waals surface area contributed by atoms with E-state index < -0.39 is 17.7 Å². The van der Waals surface area contributed by atoms with Crippen LogP contribution in [-0.2, 0) is 15.8 Å². The van der Waals surface area contributed by atoms with Crippen molar-refractivity contribution in [1.82, 2.24) is 0 Å². The van der Waals surface area contributed by atoms with Crippen molar-refractivity contribution in [2.24, 2.45) is 5.92 Å². The van der Waals surface area contributed by atoms with Gasteiger partial charge in [-0.05, 0) is 49.2 Å². The van der Waals surface area contributed by atoms with Crippen LogP contribution in [0.5, 0.6) is 0 Å². The fourth-order valence-corrected chi connectivity index (χ4v) is 3.10. The standard InChI is InChI=1S/C20H19F3N2O2/c1-12-5-3-8-17(13(12)2)24-19(27)14-9-18(26)25(11-14)16-7-4-6-15(10-16)20(21,22)23/h3-8,10,14H,9,11H2,1-2H3,(H,24,27). The lowest BCUT2D eigenvalue weighted by Gasteiger charge is -2.18. The number of rotatable bonds is 3. The Kier molecular flexibility index (Phi) is 4.95. The zero-order valence-electron chi connectivity index (χ0n) is 14.9. The number of aryl methyl sites for hydroxylation is 1. The van der Waals surface area contributed by atoms with Crippen LogP contribution in [0, 0.1) is 19.8 Å². The number of anilines is 2. The van der Waals surface area contributed by atoms with E-state index in [9.17, 15) is 22.8 Å². The lowest BCUT2D eigenvalue weighted by atomic mass is 10.1. The molecule has 1 saturated heterocycles. The average Bonchev–Trinajstić information content (AvgIpc) is 3.00. The van der Waals surface area contributed by atoms with Crippen molar-refractivity contribution in [2.45, 2.75) is 26.4 Å². The van der Waals surface area contributed by atoms with E-state index >= 15 is 0 Å². The number of hydrogen-bond donors (Lipinski definition) is 1. The molecule has 142 valence electrons. The first-order valence-electron chi connectivity index (χ1n) is 8.51. The predicted molar refractivity (Wildman–Crippen MR) is 96.4 cm³/mol. The lowest BCUT2D eigenvalue weighted by Crippen LogP contribution is -2.28. The number of nitrogens with zero attached hydrogens (tertiary/aromatic N) is 1. The Morgan fingerprint density at radius 3 is 2.56 bits per heavy atom. The summed E-state index contributed by atoms with van der Waals surface area (Å²) in [6, 6.07) is 10.1. The molecule has 4 nitrogen and oxygen atoms in total. The maximum Gasteiger partial charge on any atom is 0.416 e. The summed E-state index contributed by atoms with van der Waals surface area (Å²) in [5.74, 6) is -1.30. The molecule has 1 atom stereocenters. The number of nitrogens with one attached hydrogen (secondary N) is 1. The number of carbonyl (C=O) groups is 2. The summed E-state index contributed by atoms with van der Waals surface area (Å²) in [6.45, 7) is 3.87. The van der Waals surface area contributed by atoms with Crippen LogP contribution in [0.2, 0.25) is 0 Å². The Morgan fingerprint density at radius 1 is 1.15 bits per heavy atom. The molecule has 1 aliphatic rings. The average molecular weight is 376 g/mol. The molecule has 1 N–H and O–H groups in total. The largest absolute Gasteiger partial charge is 0.416 e. The number of hydrogen-bond acceptors (Lipinski definition) is 2. The molecule has 1 aliphatic heterocycles. The van der Waals surface area contributed by atoms with Crippen molar-refractivity contribution in [2.75, 3.05) is 16.8 Å². The van der Waals surface area contributed by atoms with E-state index in [-0.39, 0.29) is 30.5 Å². The molecule has 7 heteroatoms. The Labute approximate surface area is 155 Å². The summed E-state index contributed by atoms with van der Waals surface area (Å²) in [6.07, 6.45) is -4.52. The molecule has 2 aromatic carbocycles. The summed E-state index contributed by atoms with van der Waals surface area (Å²) in [5.41, 5.74) is 1.96. The monoisotopic (exact) mass is 376 g/mol. The van der Waals surface area contributed by atoms with Gasteiger partial charge >= 0.3 is 6.18 Å². The van der Waals surface area contributed by atoms with Gasteiger partial charge in [-0.25, -0.2) is 0 Å². The number of carbonyl (C=O) groups excluding carboxylic acids is 2. The van der Waals surface area contributed by atoms with Crippen molar-refractivity contribution >= 4 is 23.2 Å². The Hall–Kier alpha value is -2.83. The molecule has 27 heavy (non-hydrogen) atoms. The quantitative estimate of drug-likeness (QED) is 0.868. The molecule has 2 aromatic rings. The molecule has 1 unspecified atom stereocenters. The molecule has 0 saturated carbocycles. The molecule has 0 bridgehead atoms. The number of halogens is 3. The zero-order chi connectivity index (χ0) is 19.8. The maximum atomic E-state index is 12.9. The third kappa shape index (κ3) is 3.97. The number of alkyl halides is 3. The first-order chi connectivity index (χ1) is 12.7. The fourth-order valence-electron chi connectivity index (χ4n) is 3.10. The second-order valence-corrected chi connectivity index (χ2v) is 6.69. The molecule has 0 spiro atoms. The van der Waals surface area contributed by atoms with Crippen molar-refractivity contribution in [1.29, 1.82) is 0 Å². The zero-order valence-corrected chi connectivity index (χ0v) is 14.9. The van der Waals surface area contributed by atoms with E-state index in [4.69, 9.17) is 0 Å². The Morgan fingerprint density at radius 2 is 1.85 bits per heavy atom. The molecule has 3 rings (SSSR count). The predicted octanol–water partition coefficient (Wildman–Crippen LogP) is 4.31. The molecule has 0 radical (unpaired) electrons. The van der Waals surface area contributed by atoms with E-state index in [0.717, 1.165) is 23.3 Å². The van der Waals surface area contributed by atoms with Gasteiger partial charge in [-0.3, -0.25) is 9.59 Å². The highest BCUT2D eigenvalue weighted by Crippen LogP contribution is 2.33. The summed E-state index contributed by atoms with van der Waals surface area (Å²) in [7, 11) is 0. The van der Waals surface area contributed by atoms with E-state index in [0.29, 0.717) is 5.69 Å². The van der Waals surface area contributed by atoms with E-state index in [1.54, 1.807) is 6.07 Å². The van der Waals surface area contributed by atoms with Gasteiger partial charge in [0.15, 0.2) is 0 Å². The van der Waals surface area contributed by atoms with Crippen molar-refractivity contribution in [3.63, 3.8) is 0 Å². The minimum Gasteiger partial charge on any atom is -0.326 e. The van der Waals surface area contributed by atoms with Gasteiger partial charge in [0.1, 0.15) is 0 Å². The van der Waals surface area contributed by atoms with E-state index in [2.05, 4.69) is 5.32 Å². The first kappa shape index (κ1) is 18.9. The molecule has 1 fully saturated rings. The molecule has 0 aromatic heterocycles. The van der Waals surface area contributed by atoms with E-state index in [1.165, 1.54) is 17.0 Å². The molecule has 0 aliphatic carbocycles. The summed E-state index contributed by atoms with van der Waals surface area (Å²) < 4.78 is 38.7. The highest BCUT2D eigenvalue weighted by molar-refractivity contribution is 6.03. The normalized spacial score (nSPS) is 17.3. The lowest BCUT2D eigenvalue weighted by molar-refractivity contribution is -0.137. The van der Waals surface area contributed by atoms with Crippen LogP contribution in [-0.4, -0.2) is 18.4 Å². The van der Waals surface area contributed by atoms with Gasteiger partial charge in [0.25, 0.3) is 0 Å². The Balaban J connectivity index is 1.75. The minimum atomic E-state index is -4.49. The summed E-state index contributed by atoms with van der Waals surface area (Å²) in [5, 5.41) is 2.82. The van der Waals surface area contributed by atoms with Gasteiger partial charge < -0.3 is 10.2 Å². The highest BCUT2D eigenvalue weighted by Gasteiger charge is 2.37. The van der Waals surface area contributed by atoms with Crippen molar-refractivity contribution in [3.05, 3.63) is 59.2 Å². The molecule has 2 amide bonds. The second-order valence-electron chi connectivity index (χ2n) is 6.69. The van der Waals surface area contributed by atoms with Crippen LogP contribution in [0.15, 0.2) is 42.5 Å². The van der Waals surface area contributed by atoms with Crippen LogP contribution in [0.1, 0.15) is 23.1 Å². The summed E-state index contributed by atoms with van der Waals surface area (Å²) >= 11 is 0. The van der Waals surface area contributed by atoms with Crippen LogP contribution < -0.4 is 10.2 Å². The van der Waals surface area contributed by atoms with Crippen LogP contribution in [0.3, 0.4) is 0 Å². The molecule has 1 heterocycles. The molecular weight excluding hydrogens is 357 g/mol. The van der Waals surface area contributed by atoms with Gasteiger partial charge in [-0.1, -0.05) is 18.2 Å². The minimum absolute atomic E-state index is 0.0348. The number of benzene rings is 2. The second kappa shape index (κ2) is 7.06. The van der Waals surface area contributed by atoms with E-state index in [1.807, 2.05) is 26.0 Å². The first-order valence-corrected chi connectivity index (χ1v) is 8.51. The maximum absolute atomic E-state index is 12.9. The Bertz CT molecular complexity index is 893. The highest BCUT2D eigenvalue weighted by atomic mass is 19.4. The topological polar surface area (TPSA) is 49.4 Å². The van der Waals surface area contributed by atoms with Crippen LogP contribution >= 0.6 is 0 Å². The third-order valence-electron chi connectivity index (χ3n) is 4.84. The molecular formula is C20H19F3N2O2. The van der Waals surface area contributed by atoms with Crippen LogP contribution in [0.4, 0.5) is 24.5 Å². The fraction of sp³-hybridized carbons (Fsp3) is 0.300. The SMILES string of the molecule is Cc1cccc(NC(=O)C2CC(=O)N(c3cccc(C(F)(F)F)c3)C2)c1C. The smallest absolute Gasteiger partial charge is 0.326 e. The third-order valence-corrected chi connectivity index (χ3v) is 4.84. The van der Waals surface area contributed by atoms with Gasteiger partial charge in [0, 0.05) is 24.3 Å². The van der Waals surface area contributed by atoms with Gasteiger partial charge in [-0.15, -0.1) is 0 Å². The van der Waals surface area contributed by atoms with Crippen molar-refractivity contribution in [3.8, 4) is 0 Å². The van der Waals surface area contributed by atoms with Crippen LogP contribution in [0.25, 0.3) is 0 Å².